The van der Waals surface area contributed by atoms with Crippen molar-refractivity contribution in [1.82, 2.24) is 14.8 Å². The second-order valence-corrected chi connectivity index (χ2v) is 6.42. The number of rotatable bonds is 1. The minimum Gasteiger partial charge on any atom is -0.397 e. The van der Waals surface area contributed by atoms with Gasteiger partial charge >= 0.3 is 0 Å². The van der Waals surface area contributed by atoms with Gasteiger partial charge in [0.05, 0.1) is 34.5 Å². The number of nitrogens with zero attached hydrogens (tertiary/aromatic N) is 3. The van der Waals surface area contributed by atoms with E-state index in [1.54, 1.807) is 6.20 Å². The Kier molecular flexibility index (Phi) is 2.97. The Morgan fingerprint density at radius 2 is 1.71 bits per heavy atom. The maximum Gasteiger partial charge on any atom is 0.102 e. The van der Waals surface area contributed by atoms with Crippen LogP contribution in [0.5, 0.6) is 0 Å². The van der Waals surface area contributed by atoms with Crippen LogP contribution < -0.4 is 5.73 Å². The molecule has 21 heavy (non-hydrogen) atoms. The summed E-state index contributed by atoms with van der Waals surface area (Å²) >= 11 is 0. The van der Waals surface area contributed by atoms with Crippen molar-refractivity contribution in [3.8, 4) is 11.3 Å². The van der Waals surface area contributed by atoms with Gasteiger partial charge in [-0.05, 0) is 27.7 Å². The molecule has 0 atom stereocenters. The number of aromatic nitrogens is 3. The number of benzene rings is 1. The van der Waals surface area contributed by atoms with E-state index in [9.17, 15) is 0 Å². The van der Waals surface area contributed by atoms with Crippen LogP contribution in [-0.4, -0.2) is 14.8 Å². The third-order valence-corrected chi connectivity index (χ3v) is 3.58. The molecule has 0 aliphatic carbocycles. The van der Waals surface area contributed by atoms with Crippen LogP contribution in [0.15, 0.2) is 36.7 Å². The smallest absolute Gasteiger partial charge is 0.102 e. The lowest BCUT2D eigenvalue weighted by atomic mass is 10.1. The molecular formula is C17H20N4. The molecule has 2 N–H and O–H groups in total. The average molecular weight is 280 g/mol. The first-order valence-electron chi connectivity index (χ1n) is 7.07. The number of aryl methyl sites for hydroxylation is 1. The topological polar surface area (TPSA) is 56.7 Å². The summed E-state index contributed by atoms with van der Waals surface area (Å²) in [5.41, 5.74) is 10.9. The molecule has 0 amide bonds. The van der Waals surface area contributed by atoms with Crippen LogP contribution in [0.3, 0.4) is 0 Å². The maximum absolute atomic E-state index is 6.17. The second-order valence-electron chi connectivity index (χ2n) is 6.42. The Balaban J connectivity index is 2.35. The van der Waals surface area contributed by atoms with Gasteiger partial charge in [0, 0.05) is 5.56 Å². The van der Waals surface area contributed by atoms with Gasteiger partial charge in [-0.2, -0.15) is 5.10 Å². The normalized spacial score (nSPS) is 12.0. The molecule has 0 saturated carbocycles. The van der Waals surface area contributed by atoms with Gasteiger partial charge in [-0.25, -0.2) is 0 Å². The van der Waals surface area contributed by atoms with Crippen LogP contribution in [0.2, 0.25) is 0 Å². The fourth-order valence-electron chi connectivity index (χ4n) is 2.51. The van der Waals surface area contributed by atoms with Gasteiger partial charge in [0.1, 0.15) is 5.69 Å². The van der Waals surface area contributed by atoms with E-state index < -0.39 is 0 Å². The summed E-state index contributed by atoms with van der Waals surface area (Å²) in [4.78, 5) is 4.22. The third kappa shape index (κ3) is 2.27. The van der Waals surface area contributed by atoms with Gasteiger partial charge < -0.3 is 5.73 Å². The monoisotopic (exact) mass is 280 g/mol. The van der Waals surface area contributed by atoms with Gasteiger partial charge in [0.25, 0.3) is 0 Å². The van der Waals surface area contributed by atoms with Crippen LogP contribution in [0.25, 0.3) is 22.2 Å². The molecule has 3 aromatic rings. The molecule has 0 unspecified atom stereocenters. The molecule has 0 aliphatic heterocycles. The zero-order valence-corrected chi connectivity index (χ0v) is 12.9. The van der Waals surface area contributed by atoms with Crippen LogP contribution >= 0.6 is 0 Å². The first-order chi connectivity index (χ1) is 9.88. The molecule has 4 nitrogen and oxygen atoms in total. The largest absolute Gasteiger partial charge is 0.397 e. The van der Waals surface area contributed by atoms with Crippen molar-refractivity contribution in [2.45, 2.75) is 33.2 Å². The summed E-state index contributed by atoms with van der Waals surface area (Å²) < 4.78 is 2.00. The van der Waals surface area contributed by atoms with Gasteiger partial charge in [-0.1, -0.05) is 29.8 Å². The van der Waals surface area contributed by atoms with Gasteiger partial charge in [0.15, 0.2) is 0 Å². The lowest BCUT2D eigenvalue weighted by Crippen LogP contribution is -2.23. The molecule has 2 heterocycles. The van der Waals surface area contributed by atoms with Gasteiger partial charge in [0.2, 0.25) is 0 Å². The zero-order chi connectivity index (χ0) is 15.2. The number of nitrogen functional groups attached to an aromatic ring is 1. The minimum absolute atomic E-state index is 0.128. The quantitative estimate of drug-likeness (QED) is 0.738. The zero-order valence-electron chi connectivity index (χ0n) is 12.9. The summed E-state index contributed by atoms with van der Waals surface area (Å²) in [5, 5.41) is 5.79. The summed E-state index contributed by atoms with van der Waals surface area (Å²) in [5.74, 6) is 0. The lowest BCUT2D eigenvalue weighted by molar-refractivity contribution is 0.369. The minimum atomic E-state index is -0.128. The number of hydrogen-bond acceptors (Lipinski definition) is 3. The summed E-state index contributed by atoms with van der Waals surface area (Å²) in [7, 11) is 0. The van der Waals surface area contributed by atoms with E-state index in [1.165, 1.54) is 5.56 Å². The molecule has 1 aromatic carbocycles. The van der Waals surface area contributed by atoms with Crippen molar-refractivity contribution in [3.63, 3.8) is 0 Å². The molecule has 0 bridgehead atoms. The fourth-order valence-corrected chi connectivity index (χ4v) is 2.51. The van der Waals surface area contributed by atoms with Crippen molar-refractivity contribution >= 4 is 16.6 Å². The molecule has 0 spiro atoms. The number of nitrogens with two attached hydrogens (primary N) is 1. The summed E-state index contributed by atoms with van der Waals surface area (Å²) in [6, 6.07) is 8.36. The Hall–Kier alpha value is -2.36. The van der Waals surface area contributed by atoms with E-state index in [1.807, 2.05) is 10.9 Å². The van der Waals surface area contributed by atoms with Crippen molar-refractivity contribution in [2.75, 3.05) is 5.73 Å². The van der Waals surface area contributed by atoms with E-state index in [4.69, 9.17) is 10.8 Å². The van der Waals surface area contributed by atoms with Crippen molar-refractivity contribution < 1.29 is 0 Å². The van der Waals surface area contributed by atoms with Crippen LogP contribution in [0, 0.1) is 6.92 Å². The highest BCUT2D eigenvalue weighted by Gasteiger charge is 2.22. The van der Waals surface area contributed by atoms with E-state index in [0.717, 1.165) is 22.2 Å². The highest BCUT2D eigenvalue weighted by Crippen LogP contribution is 2.34. The third-order valence-electron chi connectivity index (χ3n) is 3.58. The van der Waals surface area contributed by atoms with Gasteiger partial charge in [-0.3, -0.25) is 9.67 Å². The molecule has 0 aliphatic rings. The molecule has 0 radical (unpaired) electrons. The van der Waals surface area contributed by atoms with E-state index in [2.05, 4.69) is 56.9 Å². The molecular weight excluding hydrogens is 260 g/mol. The molecule has 0 fully saturated rings. The fraction of sp³-hybridized carbons (Fsp3) is 0.294. The highest BCUT2D eigenvalue weighted by molar-refractivity contribution is 6.01. The lowest BCUT2D eigenvalue weighted by Gasteiger charge is -2.20. The maximum atomic E-state index is 6.17. The van der Waals surface area contributed by atoms with E-state index >= 15 is 0 Å². The van der Waals surface area contributed by atoms with Crippen LogP contribution in [0.1, 0.15) is 26.3 Å². The first kappa shape index (κ1) is 13.6. The molecule has 3 rings (SSSR count). The second kappa shape index (κ2) is 4.58. The number of fused-ring (bicyclic) bond motifs is 1. The molecule has 0 saturated heterocycles. The van der Waals surface area contributed by atoms with Crippen molar-refractivity contribution in [1.29, 1.82) is 0 Å². The highest BCUT2D eigenvalue weighted by atomic mass is 15.3. The van der Waals surface area contributed by atoms with Crippen LogP contribution in [0.4, 0.5) is 5.69 Å². The molecule has 4 heteroatoms. The Morgan fingerprint density at radius 1 is 1.05 bits per heavy atom. The number of anilines is 1. The Bertz CT molecular complexity index is 792. The first-order valence-corrected chi connectivity index (χ1v) is 7.07. The van der Waals surface area contributed by atoms with Crippen LogP contribution in [-0.2, 0) is 5.54 Å². The predicted molar refractivity (Wildman–Crippen MR) is 87.1 cm³/mol. The van der Waals surface area contributed by atoms with Gasteiger partial charge in [-0.15, -0.1) is 0 Å². The number of pyridine rings is 1. The molecule has 108 valence electrons. The standard InChI is InChI=1S/C17H20N4/c1-11-5-7-12(8-6-11)16-15-13(18)9-19-10-14(15)21(20-16)17(2,3)4/h5-10H,18H2,1-4H3. The summed E-state index contributed by atoms with van der Waals surface area (Å²) in [6.07, 6.45) is 3.52. The molecule has 2 aromatic heterocycles. The van der Waals surface area contributed by atoms with Crippen molar-refractivity contribution in [2.24, 2.45) is 0 Å². The summed E-state index contributed by atoms with van der Waals surface area (Å²) in [6.45, 7) is 8.46. The number of hydrogen-bond donors (Lipinski definition) is 1. The van der Waals surface area contributed by atoms with E-state index in [-0.39, 0.29) is 5.54 Å². The Labute approximate surface area is 124 Å². The predicted octanol–water partition coefficient (Wildman–Crippen LogP) is 3.74. The van der Waals surface area contributed by atoms with Crippen molar-refractivity contribution in [3.05, 3.63) is 42.2 Å². The SMILES string of the molecule is Cc1ccc(-c2nn(C(C)(C)C)c3cncc(N)c23)cc1. The van der Waals surface area contributed by atoms with E-state index in [0.29, 0.717) is 5.69 Å². The average Bonchev–Trinajstić information content (AvgIpc) is 2.80. The Morgan fingerprint density at radius 3 is 2.33 bits per heavy atom.